The number of nitrogen functional groups attached to an aromatic ring is 1. The molecule has 0 radical (unpaired) electrons. The van der Waals surface area contributed by atoms with Crippen LogP contribution in [0.4, 0.5) is 5.95 Å². The Morgan fingerprint density at radius 2 is 1.94 bits per heavy atom. The summed E-state index contributed by atoms with van der Waals surface area (Å²) < 4.78 is 7.42. The third kappa shape index (κ3) is 9.87. The van der Waals surface area contributed by atoms with Crippen LogP contribution in [0.15, 0.2) is 36.5 Å². The molecule has 11 heteroatoms. The highest BCUT2D eigenvalue weighted by atomic mass is 35.5. The van der Waals surface area contributed by atoms with Crippen molar-refractivity contribution in [2.24, 2.45) is 0 Å². The summed E-state index contributed by atoms with van der Waals surface area (Å²) in [6, 6.07) is 9.79. The predicted octanol–water partition coefficient (Wildman–Crippen LogP) is 2.91. The van der Waals surface area contributed by atoms with Gasteiger partial charge in [-0.15, -0.1) is 5.10 Å². The summed E-state index contributed by atoms with van der Waals surface area (Å²) in [5.74, 6) is 0.394. The SMILES string of the molecule is CC(C)NCCCc1cn(CCCC(=O)NCc2ccc(COc3cc(Cl)nc(N)n3)cc2)nn1. The van der Waals surface area contributed by atoms with Crippen LogP contribution in [0.25, 0.3) is 0 Å². The average molecular weight is 501 g/mol. The van der Waals surface area contributed by atoms with Gasteiger partial charge in [0.05, 0.1) is 5.69 Å². The minimum atomic E-state index is 0.00994. The van der Waals surface area contributed by atoms with E-state index in [2.05, 4.69) is 44.8 Å². The van der Waals surface area contributed by atoms with Crippen LogP contribution in [0.5, 0.6) is 5.88 Å². The van der Waals surface area contributed by atoms with Gasteiger partial charge in [0.25, 0.3) is 0 Å². The van der Waals surface area contributed by atoms with Crippen LogP contribution in [0, 0.1) is 0 Å². The molecular weight excluding hydrogens is 468 g/mol. The fraction of sp³-hybridized carbons (Fsp3) is 0.458. The Labute approximate surface area is 210 Å². The lowest BCUT2D eigenvalue weighted by molar-refractivity contribution is -0.121. The number of nitrogens with zero attached hydrogens (tertiary/aromatic N) is 5. The van der Waals surface area contributed by atoms with Gasteiger partial charge in [0.15, 0.2) is 0 Å². The Hall–Kier alpha value is -3.24. The number of nitrogens with two attached hydrogens (primary N) is 1. The third-order valence-corrected chi connectivity index (χ3v) is 5.32. The summed E-state index contributed by atoms with van der Waals surface area (Å²) in [6.45, 7) is 6.69. The molecule has 3 rings (SSSR count). The number of aryl methyl sites for hydroxylation is 2. The number of anilines is 1. The van der Waals surface area contributed by atoms with E-state index in [1.54, 1.807) is 0 Å². The fourth-order valence-corrected chi connectivity index (χ4v) is 3.49. The van der Waals surface area contributed by atoms with Crippen LogP contribution >= 0.6 is 11.6 Å². The Balaban J connectivity index is 1.31. The monoisotopic (exact) mass is 500 g/mol. The zero-order valence-corrected chi connectivity index (χ0v) is 21.0. The van der Waals surface area contributed by atoms with Gasteiger partial charge in [-0.1, -0.05) is 54.9 Å². The normalized spacial score (nSPS) is 11.1. The second kappa shape index (κ2) is 13.6. The van der Waals surface area contributed by atoms with Gasteiger partial charge in [-0.3, -0.25) is 9.48 Å². The van der Waals surface area contributed by atoms with Gasteiger partial charge in [0.2, 0.25) is 17.7 Å². The standard InChI is InChI=1S/C24H33ClN8O2/c1-17(2)27-11-3-5-20-15-33(32-31-20)12-4-6-22(34)28-14-18-7-9-19(10-8-18)16-35-23-13-21(25)29-24(26)30-23/h7-10,13,15,17,27H,3-6,11-12,14,16H2,1-2H3,(H,28,34)(H2,26,29,30). The number of carbonyl (C=O) groups is 1. The van der Waals surface area contributed by atoms with Gasteiger partial charge in [-0.25, -0.2) is 4.98 Å². The number of ether oxygens (including phenoxy) is 1. The molecule has 0 aliphatic heterocycles. The minimum absolute atomic E-state index is 0.00994. The molecule has 0 saturated heterocycles. The molecule has 1 amide bonds. The van der Waals surface area contributed by atoms with Gasteiger partial charge < -0.3 is 21.1 Å². The molecule has 10 nitrogen and oxygen atoms in total. The van der Waals surface area contributed by atoms with Crippen molar-refractivity contribution in [1.82, 2.24) is 35.6 Å². The molecule has 0 fully saturated rings. The van der Waals surface area contributed by atoms with Gasteiger partial charge >= 0.3 is 0 Å². The van der Waals surface area contributed by atoms with E-state index < -0.39 is 0 Å². The number of hydrogen-bond acceptors (Lipinski definition) is 8. The van der Waals surface area contributed by atoms with Crippen LogP contribution in [0.2, 0.25) is 5.15 Å². The molecule has 0 atom stereocenters. The van der Waals surface area contributed by atoms with Crippen LogP contribution in [0.1, 0.15) is 49.9 Å². The average Bonchev–Trinajstić information content (AvgIpc) is 3.27. The van der Waals surface area contributed by atoms with Crippen LogP contribution < -0.4 is 21.1 Å². The molecule has 4 N–H and O–H groups in total. The lowest BCUT2D eigenvalue weighted by Gasteiger charge is -2.08. The van der Waals surface area contributed by atoms with Crippen molar-refractivity contribution in [3.8, 4) is 5.88 Å². The molecule has 3 aromatic rings. The fourth-order valence-electron chi connectivity index (χ4n) is 3.31. The van der Waals surface area contributed by atoms with Crippen molar-refractivity contribution in [2.75, 3.05) is 12.3 Å². The first kappa shape index (κ1) is 26.4. The number of benzene rings is 1. The Morgan fingerprint density at radius 3 is 2.69 bits per heavy atom. The Morgan fingerprint density at radius 1 is 1.17 bits per heavy atom. The lowest BCUT2D eigenvalue weighted by Crippen LogP contribution is -2.23. The number of carbonyl (C=O) groups excluding carboxylic acids is 1. The van der Waals surface area contributed by atoms with E-state index in [0.717, 1.165) is 36.2 Å². The first-order valence-electron chi connectivity index (χ1n) is 11.8. The smallest absolute Gasteiger partial charge is 0.224 e. The largest absolute Gasteiger partial charge is 0.473 e. The molecule has 0 bridgehead atoms. The van der Waals surface area contributed by atoms with Gasteiger partial charge in [0.1, 0.15) is 11.8 Å². The quantitative estimate of drug-likeness (QED) is 0.227. The summed E-state index contributed by atoms with van der Waals surface area (Å²) in [4.78, 5) is 20.0. The van der Waals surface area contributed by atoms with Crippen molar-refractivity contribution >= 4 is 23.5 Å². The number of hydrogen-bond donors (Lipinski definition) is 3. The van der Waals surface area contributed by atoms with Crippen LogP contribution in [-0.2, 0) is 30.9 Å². The minimum Gasteiger partial charge on any atom is -0.473 e. The van der Waals surface area contributed by atoms with E-state index in [4.69, 9.17) is 22.1 Å². The first-order chi connectivity index (χ1) is 16.9. The molecule has 1 aromatic carbocycles. The number of rotatable bonds is 14. The van der Waals surface area contributed by atoms with E-state index in [0.29, 0.717) is 44.5 Å². The predicted molar refractivity (Wildman–Crippen MR) is 135 cm³/mol. The first-order valence-corrected chi connectivity index (χ1v) is 12.1. The zero-order valence-electron chi connectivity index (χ0n) is 20.2. The molecule has 0 aliphatic carbocycles. The molecule has 2 heterocycles. The molecule has 0 saturated carbocycles. The van der Waals surface area contributed by atoms with Crippen molar-refractivity contribution in [3.05, 3.63) is 58.5 Å². The second-order valence-electron chi connectivity index (χ2n) is 8.56. The van der Waals surface area contributed by atoms with Gasteiger partial charge in [-0.2, -0.15) is 4.98 Å². The zero-order chi connectivity index (χ0) is 25.0. The van der Waals surface area contributed by atoms with Crippen molar-refractivity contribution in [1.29, 1.82) is 0 Å². The number of halogens is 1. The van der Waals surface area contributed by atoms with E-state index in [1.165, 1.54) is 6.07 Å². The molecule has 2 aromatic heterocycles. The summed E-state index contributed by atoms with van der Waals surface area (Å²) >= 11 is 5.85. The summed E-state index contributed by atoms with van der Waals surface area (Å²) in [6.07, 6.45) is 5.03. The summed E-state index contributed by atoms with van der Waals surface area (Å²) in [5.41, 5.74) is 8.51. The molecule has 188 valence electrons. The van der Waals surface area contributed by atoms with Gasteiger partial charge in [0, 0.05) is 37.8 Å². The Bertz CT molecular complexity index is 1050. The van der Waals surface area contributed by atoms with Gasteiger partial charge in [-0.05, 0) is 36.9 Å². The topological polar surface area (TPSA) is 133 Å². The van der Waals surface area contributed by atoms with Crippen molar-refractivity contribution < 1.29 is 9.53 Å². The number of nitrogens with one attached hydrogen (secondary N) is 2. The maximum absolute atomic E-state index is 12.2. The summed E-state index contributed by atoms with van der Waals surface area (Å²) in [5, 5.41) is 14.9. The number of aromatic nitrogens is 5. The summed E-state index contributed by atoms with van der Waals surface area (Å²) in [7, 11) is 0. The third-order valence-electron chi connectivity index (χ3n) is 5.13. The number of amides is 1. The highest BCUT2D eigenvalue weighted by Gasteiger charge is 2.06. The molecule has 35 heavy (non-hydrogen) atoms. The van der Waals surface area contributed by atoms with Crippen molar-refractivity contribution in [3.63, 3.8) is 0 Å². The van der Waals surface area contributed by atoms with E-state index in [1.807, 2.05) is 35.1 Å². The van der Waals surface area contributed by atoms with Crippen molar-refractivity contribution in [2.45, 2.75) is 65.3 Å². The highest BCUT2D eigenvalue weighted by Crippen LogP contribution is 2.16. The second-order valence-corrected chi connectivity index (χ2v) is 8.95. The highest BCUT2D eigenvalue weighted by molar-refractivity contribution is 6.29. The molecule has 0 spiro atoms. The maximum Gasteiger partial charge on any atom is 0.224 e. The maximum atomic E-state index is 12.2. The molecule has 0 unspecified atom stereocenters. The van der Waals surface area contributed by atoms with E-state index in [9.17, 15) is 4.79 Å². The van der Waals surface area contributed by atoms with Crippen LogP contribution in [0.3, 0.4) is 0 Å². The Kier molecular flexibility index (Phi) is 10.2. The van der Waals surface area contributed by atoms with E-state index >= 15 is 0 Å². The molecule has 0 aliphatic rings. The van der Waals surface area contributed by atoms with Crippen LogP contribution in [-0.4, -0.2) is 43.5 Å². The lowest BCUT2D eigenvalue weighted by atomic mass is 10.1. The molecular formula is C24H33ClN8O2. The van der Waals surface area contributed by atoms with E-state index in [-0.39, 0.29) is 17.0 Å².